The summed E-state index contributed by atoms with van der Waals surface area (Å²) in [7, 11) is 0. The van der Waals surface area contributed by atoms with Crippen molar-refractivity contribution in [2.45, 2.75) is 6.10 Å². The van der Waals surface area contributed by atoms with E-state index in [4.69, 9.17) is 0 Å². The number of benzene rings is 1. The van der Waals surface area contributed by atoms with E-state index in [0.29, 0.717) is 0 Å². The van der Waals surface area contributed by atoms with Crippen molar-refractivity contribution in [3.05, 3.63) is 59.7 Å². The monoisotopic (exact) mass is 222 g/mol. The van der Waals surface area contributed by atoms with Crippen molar-refractivity contribution in [1.82, 2.24) is 9.97 Å². The maximum absolute atomic E-state index is 13.3. The minimum atomic E-state index is -1.36. The zero-order chi connectivity index (χ0) is 11.5. The normalized spacial score (nSPS) is 12.4. The molecule has 0 fully saturated rings. The van der Waals surface area contributed by atoms with Gasteiger partial charge >= 0.3 is 0 Å². The number of aromatic nitrogens is 2. The number of aliphatic hydroxyl groups is 1. The Morgan fingerprint density at radius 3 is 2.50 bits per heavy atom. The van der Waals surface area contributed by atoms with Crippen LogP contribution in [0.5, 0.6) is 0 Å². The Morgan fingerprint density at radius 2 is 1.81 bits per heavy atom. The zero-order valence-corrected chi connectivity index (χ0v) is 8.14. The quantitative estimate of drug-likeness (QED) is 0.843. The van der Waals surface area contributed by atoms with E-state index in [-0.39, 0.29) is 11.4 Å². The van der Waals surface area contributed by atoms with Crippen molar-refractivity contribution >= 4 is 0 Å². The first-order valence-corrected chi connectivity index (χ1v) is 4.58. The largest absolute Gasteiger partial charge is 0.380 e. The summed E-state index contributed by atoms with van der Waals surface area (Å²) in [4.78, 5) is 7.55. The molecule has 3 nitrogen and oxygen atoms in total. The molecule has 0 radical (unpaired) electrons. The summed E-state index contributed by atoms with van der Waals surface area (Å²) in [6, 6.07) is 4.43. The summed E-state index contributed by atoms with van der Waals surface area (Å²) in [6.45, 7) is 0. The van der Waals surface area contributed by atoms with Crippen LogP contribution in [0.15, 0.2) is 36.7 Å². The molecule has 0 amide bonds. The third-order valence-corrected chi connectivity index (χ3v) is 2.08. The number of aliphatic hydroxyl groups excluding tert-OH is 1. The highest BCUT2D eigenvalue weighted by molar-refractivity contribution is 5.25. The Balaban J connectivity index is 2.41. The Kier molecular flexibility index (Phi) is 2.87. The summed E-state index contributed by atoms with van der Waals surface area (Å²) < 4.78 is 26.2. The van der Waals surface area contributed by atoms with Gasteiger partial charge in [0.15, 0.2) is 5.82 Å². The molecule has 0 bridgehead atoms. The molecule has 0 saturated carbocycles. The van der Waals surface area contributed by atoms with Crippen molar-refractivity contribution in [3.8, 4) is 0 Å². The topological polar surface area (TPSA) is 46.0 Å². The molecule has 1 unspecified atom stereocenters. The molecule has 16 heavy (non-hydrogen) atoms. The van der Waals surface area contributed by atoms with Crippen LogP contribution in [0, 0.1) is 11.6 Å². The van der Waals surface area contributed by atoms with Crippen molar-refractivity contribution in [1.29, 1.82) is 0 Å². The number of hydrogen-bond donors (Lipinski definition) is 1. The van der Waals surface area contributed by atoms with Gasteiger partial charge in [0.1, 0.15) is 17.7 Å². The highest BCUT2D eigenvalue weighted by atomic mass is 19.1. The fourth-order valence-corrected chi connectivity index (χ4v) is 1.32. The van der Waals surface area contributed by atoms with Crippen LogP contribution >= 0.6 is 0 Å². The number of nitrogens with zero attached hydrogens (tertiary/aromatic N) is 2. The highest BCUT2D eigenvalue weighted by Gasteiger charge is 2.17. The van der Waals surface area contributed by atoms with E-state index in [1.165, 1.54) is 12.4 Å². The molecule has 5 heteroatoms. The first-order chi connectivity index (χ1) is 7.68. The second-order valence-corrected chi connectivity index (χ2v) is 3.18. The van der Waals surface area contributed by atoms with E-state index in [1.54, 1.807) is 6.07 Å². The summed E-state index contributed by atoms with van der Waals surface area (Å²) in [5.41, 5.74) is -0.175. The lowest BCUT2D eigenvalue weighted by molar-refractivity contribution is 0.204. The molecule has 1 atom stereocenters. The average Bonchev–Trinajstić information content (AvgIpc) is 2.32. The Labute approximate surface area is 90.4 Å². The van der Waals surface area contributed by atoms with Crippen LogP contribution in [0.3, 0.4) is 0 Å². The van der Waals surface area contributed by atoms with Crippen LogP contribution in [-0.2, 0) is 0 Å². The number of hydrogen-bond acceptors (Lipinski definition) is 3. The molecule has 0 aliphatic rings. The summed E-state index contributed by atoms with van der Waals surface area (Å²) in [5, 5.41) is 9.77. The third-order valence-electron chi connectivity index (χ3n) is 2.08. The molecular weight excluding hydrogens is 214 g/mol. The van der Waals surface area contributed by atoms with E-state index in [2.05, 4.69) is 9.97 Å². The fraction of sp³-hybridized carbons (Fsp3) is 0.0909. The maximum atomic E-state index is 13.3. The van der Waals surface area contributed by atoms with Gasteiger partial charge in [0.25, 0.3) is 0 Å². The molecule has 2 rings (SSSR count). The molecular formula is C11H8F2N2O. The highest BCUT2D eigenvalue weighted by Crippen LogP contribution is 2.22. The summed E-state index contributed by atoms with van der Waals surface area (Å²) >= 11 is 0. The molecule has 0 saturated heterocycles. The van der Waals surface area contributed by atoms with Crippen molar-refractivity contribution in [2.24, 2.45) is 0 Å². The zero-order valence-electron chi connectivity index (χ0n) is 8.14. The van der Waals surface area contributed by atoms with Crippen LogP contribution in [0.25, 0.3) is 0 Å². The van der Waals surface area contributed by atoms with Gasteiger partial charge in [-0.05, 0) is 24.3 Å². The standard InChI is InChI=1S/C11H8F2N2O/c12-7-2-3-9(13)8(6-7)10(16)11-14-4-1-5-15-11/h1-6,10,16H. The van der Waals surface area contributed by atoms with Crippen molar-refractivity contribution < 1.29 is 13.9 Å². The van der Waals surface area contributed by atoms with E-state index >= 15 is 0 Å². The van der Waals surface area contributed by atoms with Gasteiger partial charge in [0, 0.05) is 18.0 Å². The first kappa shape index (κ1) is 10.6. The van der Waals surface area contributed by atoms with E-state index in [0.717, 1.165) is 18.2 Å². The average molecular weight is 222 g/mol. The molecule has 1 aromatic heterocycles. The van der Waals surface area contributed by atoms with E-state index < -0.39 is 17.7 Å². The first-order valence-electron chi connectivity index (χ1n) is 4.58. The molecule has 82 valence electrons. The van der Waals surface area contributed by atoms with Crippen LogP contribution < -0.4 is 0 Å². The predicted molar refractivity (Wildman–Crippen MR) is 52.5 cm³/mol. The molecule has 0 aliphatic heterocycles. The lowest BCUT2D eigenvalue weighted by Crippen LogP contribution is -2.07. The van der Waals surface area contributed by atoms with E-state index in [9.17, 15) is 13.9 Å². The number of rotatable bonds is 2. The minimum absolute atomic E-state index is 0.0343. The van der Waals surface area contributed by atoms with E-state index in [1.807, 2.05) is 0 Å². The molecule has 0 spiro atoms. The SMILES string of the molecule is OC(c1ncccn1)c1cc(F)ccc1F. The second-order valence-electron chi connectivity index (χ2n) is 3.18. The smallest absolute Gasteiger partial charge is 0.161 e. The minimum Gasteiger partial charge on any atom is -0.380 e. The lowest BCUT2D eigenvalue weighted by atomic mass is 10.1. The molecule has 1 N–H and O–H groups in total. The molecule has 2 aromatic rings. The van der Waals surface area contributed by atoms with Crippen molar-refractivity contribution in [3.63, 3.8) is 0 Å². The van der Waals surface area contributed by atoms with Gasteiger partial charge in [-0.2, -0.15) is 0 Å². The van der Waals surface area contributed by atoms with Gasteiger partial charge in [-0.25, -0.2) is 18.7 Å². The van der Waals surface area contributed by atoms with Gasteiger partial charge in [-0.1, -0.05) is 0 Å². The van der Waals surface area contributed by atoms with Crippen LogP contribution in [0.1, 0.15) is 17.5 Å². The van der Waals surface area contributed by atoms with Crippen molar-refractivity contribution in [2.75, 3.05) is 0 Å². The summed E-state index contributed by atoms with van der Waals surface area (Å²) in [6.07, 6.45) is 1.47. The predicted octanol–water partition coefficient (Wildman–Crippen LogP) is 1.84. The second kappa shape index (κ2) is 4.32. The van der Waals surface area contributed by atoms with Gasteiger partial charge < -0.3 is 5.11 Å². The molecule has 1 heterocycles. The van der Waals surface area contributed by atoms with Crippen LogP contribution in [0.4, 0.5) is 8.78 Å². The third kappa shape index (κ3) is 2.04. The Bertz CT molecular complexity index is 491. The maximum Gasteiger partial charge on any atom is 0.161 e. The van der Waals surface area contributed by atoms with Gasteiger partial charge in [-0.15, -0.1) is 0 Å². The number of halogens is 2. The van der Waals surface area contributed by atoms with Crippen LogP contribution in [0.2, 0.25) is 0 Å². The Hall–Kier alpha value is -1.88. The summed E-state index contributed by atoms with van der Waals surface area (Å²) in [5.74, 6) is -1.28. The van der Waals surface area contributed by atoms with Gasteiger partial charge in [0.05, 0.1) is 0 Å². The molecule has 0 aliphatic carbocycles. The van der Waals surface area contributed by atoms with Gasteiger partial charge in [0.2, 0.25) is 0 Å². The van der Waals surface area contributed by atoms with Gasteiger partial charge in [-0.3, -0.25) is 0 Å². The fourth-order valence-electron chi connectivity index (χ4n) is 1.32. The Morgan fingerprint density at radius 1 is 1.12 bits per heavy atom. The molecule has 1 aromatic carbocycles. The lowest BCUT2D eigenvalue weighted by Gasteiger charge is -2.10. The van der Waals surface area contributed by atoms with Crippen LogP contribution in [-0.4, -0.2) is 15.1 Å².